The zero-order valence-electron chi connectivity index (χ0n) is 13.6. The second-order valence-electron chi connectivity index (χ2n) is 4.93. The first-order chi connectivity index (χ1) is 11.7. The maximum atomic E-state index is 12.9. The summed E-state index contributed by atoms with van der Waals surface area (Å²) in [5.41, 5.74) is 0.358. The van der Waals surface area contributed by atoms with Gasteiger partial charge in [0.25, 0.3) is 10.0 Å². The van der Waals surface area contributed by atoms with E-state index in [0.29, 0.717) is 10.2 Å². The number of nitrogens with zero attached hydrogens (tertiary/aromatic N) is 1. The van der Waals surface area contributed by atoms with Crippen LogP contribution in [0.2, 0.25) is 5.02 Å². The molecule has 0 aliphatic rings. The lowest BCUT2D eigenvalue weighted by Crippen LogP contribution is -2.27. The molecule has 2 aromatic carbocycles. The van der Waals surface area contributed by atoms with Gasteiger partial charge in [-0.25, -0.2) is 13.2 Å². The number of halogens is 2. The van der Waals surface area contributed by atoms with Crippen molar-refractivity contribution in [1.29, 1.82) is 0 Å². The van der Waals surface area contributed by atoms with E-state index in [1.807, 2.05) is 0 Å². The smallest absolute Gasteiger partial charge is 0.337 e. The van der Waals surface area contributed by atoms with Crippen LogP contribution in [0.5, 0.6) is 5.75 Å². The van der Waals surface area contributed by atoms with Crippen LogP contribution in [-0.4, -0.2) is 35.7 Å². The molecule has 0 heterocycles. The number of carbonyl (C=O) groups is 1. The Bertz CT molecular complexity index is 917. The Labute approximate surface area is 159 Å². The Hall–Kier alpha value is -1.77. The van der Waals surface area contributed by atoms with Crippen LogP contribution in [0.3, 0.4) is 0 Å². The highest BCUT2D eigenvalue weighted by Crippen LogP contribution is 2.33. The minimum Gasteiger partial charge on any atom is -0.496 e. The number of methoxy groups -OCH3 is 2. The van der Waals surface area contributed by atoms with Gasteiger partial charge in [-0.05, 0) is 52.3 Å². The topological polar surface area (TPSA) is 72.9 Å². The summed E-state index contributed by atoms with van der Waals surface area (Å²) in [5, 5.41) is 0.186. The third kappa shape index (κ3) is 3.91. The van der Waals surface area contributed by atoms with Crippen molar-refractivity contribution in [3.8, 4) is 5.75 Å². The van der Waals surface area contributed by atoms with Crippen LogP contribution in [0.25, 0.3) is 0 Å². The lowest BCUT2D eigenvalue weighted by atomic mass is 10.2. The van der Waals surface area contributed by atoms with Crippen molar-refractivity contribution < 1.29 is 22.7 Å². The molecule has 25 heavy (non-hydrogen) atoms. The average Bonchev–Trinajstić information content (AvgIpc) is 2.60. The second-order valence-corrected chi connectivity index (χ2v) is 8.16. The lowest BCUT2D eigenvalue weighted by molar-refractivity contribution is 0.0601. The molecule has 6 nitrogen and oxygen atoms in total. The minimum absolute atomic E-state index is 0.0437. The van der Waals surface area contributed by atoms with Gasteiger partial charge in [-0.3, -0.25) is 4.31 Å². The van der Waals surface area contributed by atoms with Gasteiger partial charge in [0.2, 0.25) is 0 Å². The van der Waals surface area contributed by atoms with Crippen LogP contribution < -0.4 is 9.04 Å². The van der Waals surface area contributed by atoms with E-state index >= 15 is 0 Å². The van der Waals surface area contributed by atoms with E-state index in [1.165, 1.54) is 57.7 Å². The Balaban J connectivity index is 2.50. The Morgan fingerprint density at radius 2 is 1.84 bits per heavy atom. The molecule has 134 valence electrons. The van der Waals surface area contributed by atoms with Gasteiger partial charge < -0.3 is 9.47 Å². The van der Waals surface area contributed by atoms with Crippen molar-refractivity contribution in [3.63, 3.8) is 0 Å². The summed E-state index contributed by atoms with van der Waals surface area (Å²) in [4.78, 5) is 11.7. The monoisotopic (exact) mass is 447 g/mol. The molecule has 0 aliphatic heterocycles. The molecule has 0 saturated carbocycles. The summed E-state index contributed by atoms with van der Waals surface area (Å²) >= 11 is 9.39. The summed E-state index contributed by atoms with van der Waals surface area (Å²) in [7, 11) is 0.184. The standard InChI is InChI=1S/C16H15BrClNO5S/c1-19(14-8-10(16(20)24-3)4-6-13(14)18)25(21,22)11-5-7-15(23-2)12(17)9-11/h4-9H,1-3H3. The summed E-state index contributed by atoms with van der Waals surface area (Å²) in [6.45, 7) is 0. The number of hydrogen-bond acceptors (Lipinski definition) is 5. The number of rotatable bonds is 5. The molecule has 0 amide bonds. The van der Waals surface area contributed by atoms with Crippen molar-refractivity contribution in [2.45, 2.75) is 4.90 Å². The fraction of sp³-hybridized carbons (Fsp3) is 0.188. The lowest BCUT2D eigenvalue weighted by Gasteiger charge is -2.21. The first-order valence-electron chi connectivity index (χ1n) is 6.92. The molecule has 0 saturated heterocycles. The van der Waals surface area contributed by atoms with Gasteiger partial charge in [-0.2, -0.15) is 0 Å². The van der Waals surface area contributed by atoms with Crippen molar-refractivity contribution in [1.82, 2.24) is 0 Å². The third-order valence-electron chi connectivity index (χ3n) is 3.49. The van der Waals surface area contributed by atoms with E-state index in [-0.39, 0.29) is 21.2 Å². The predicted octanol–water partition coefficient (Wildman–Crippen LogP) is 3.72. The normalized spacial score (nSPS) is 11.1. The number of ether oxygens (including phenoxy) is 2. The largest absolute Gasteiger partial charge is 0.496 e. The molecule has 0 fully saturated rings. The van der Waals surface area contributed by atoms with Crippen LogP contribution >= 0.6 is 27.5 Å². The molecule has 2 aromatic rings. The molecule has 9 heteroatoms. The molecule has 0 bridgehead atoms. The van der Waals surface area contributed by atoms with Crippen molar-refractivity contribution in [2.75, 3.05) is 25.6 Å². The highest BCUT2D eigenvalue weighted by molar-refractivity contribution is 9.10. The van der Waals surface area contributed by atoms with E-state index in [2.05, 4.69) is 20.7 Å². The highest BCUT2D eigenvalue weighted by Gasteiger charge is 2.25. The number of anilines is 1. The fourth-order valence-corrected chi connectivity index (χ4v) is 4.31. The van der Waals surface area contributed by atoms with E-state index in [1.54, 1.807) is 0 Å². The first kappa shape index (κ1) is 19.6. The van der Waals surface area contributed by atoms with Crippen molar-refractivity contribution in [2.24, 2.45) is 0 Å². The Morgan fingerprint density at radius 1 is 1.16 bits per heavy atom. The molecular weight excluding hydrogens is 434 g/mol. The molecule has 0 aromatic heterocycles. The maximum Gasteiger partial charge on any atom is 0.337 e. The molecular formula is C16H15BrClNO5S. The zero-order chi connectivity index (χ0) is 18.8. The van der Waals surface area contributed by atoms with Gasteiger partial charge in [-0.15, -0.1) is 0 Å². The van der Waals surface area contributed by atoms with Gasteiger partial charge in [0.05, 0.1) is 39.9 Å². The molecule has 0 unspecified atom stereocenters. The van der Waals surface area contributed by atoms with E-state index in [0.717, 1.165) is 4.31 Å². The number of hydrogen-bond donors (Lipinski definition) is 0. The predicted molar refractivity (Wildman–Crippen MR) is 99.1 cm³/mol. The summed E-state index contributed by atoms with van der Waals surface area (Å²) < 4.78 is 37.0. The van der Waals surface area contributed by atoms with E-state index in [9.17, 15) is 13.2 Å². The van der Waals surface area contributed by atoms with Crippen LogP contribution in [0.15, 0.2) is 45.8 Å². The van der Waals surface area contributed by atoms with Crippen molar-refractivity contribution in [3.05, 3.63) is 51.5 Å². The number of benzene rings is 2. The number of sulfonamides is 1. The number of esters is 1. The quantitative estimate of drug-likeness (QED) is 0.652. The SMILES string of the molecule is COC(=O)c1ccc(Cl)c(N(C)S(=O)(=O)c2ccc(OC)c(Br)c2)c1. The molecule has 0 aliphatic carbocycles. The van der Waals surface area contributed by atoms with Gasteiger partial charge in [0, 0.05) is 7.05 Å². The average molecular weight is 449 g/mol. The van der Waals surface area contributed by atoms with E-state index < -0.39 is 16.0 Å². The Kier molecular flexibility index (Phi) is 5.97. The molecule has 2 rings (SSSR count). The van der Waals surface area contributed by atoms with Crippen molar-refractivity contribution >= 4 is 49.2 Å². The van der Waals surface area contributed by atoms with Gasteiger partial charge in [0.15, 0.2) is 0 Å². The fourth-order valence-electron chi connectivity index (χ4n) is 2.09. The minimum atomic E-state index is -3.90. The third-order valence-corrected chi connectivity index (χ3v) is 6.19. The molecule has 0 spiro atoms. The van der Waals surface area contributed by atoms with Gasteiger partial charge in [-0.1, -0.05) is 11.6 Å². The van der Waals surface area contributed by atoms with Gasteiger partial charge in [0.1, 0.15) is 5.75 Å². The van der Waals surface area contributed by atoms with Crippen LogP contribution in [-0.2, 0) is 14.8 Å². The van der Waals surface area contributed by atoms with Crippen LogP contribution in [0.4, 0.5) is 5.69 Å². The Morgan fingerprint density at radius 3 is 2.40 bits per heavy atom. The zero-order valence-corrected chi connectivity index (χ0v) is 16.8. The number of carbonyl (C=O) groups excluding carboxylic acids is 1. The summed E-state index contributed by atoms with van der Waals surface area (Å²) in [6.07, 6.45) is 0. The second kappa shape index (κ2) is 7.63. The summed E-state index contributed by atoms with van der Waals surface area (Å²) in [5.74, 6) is -0.0803. The first-order valence-corrected chi connectivity index (χ1v) is 9.53. The highest BCUT2D eigenvalue weighted by atomic mass is 79.9. The maximum absolute atomic E-state index is 12.9. The molecule has 0 N–H and O–H groups in total. The van der Waals surface area contributed by atoms with Gasteiger partial charge >= 0.3 is 5.97 Å². The van der Waals surface area contributed by atoms with Crippen LogP contribution in [0.1, 0.15) is 10.4 Å². The molecule has 0 atom stereocenters. The van der Waals surface area contributed by atoms with Crippen LogP contribution in [0, 0.1) is 0 Å². The van der Waals surface area contributed by atoms with E-state index in [4.69, 9.17) is 16.3 Å². The summed E-state index contributed by atoms with van der Waals surface area (Å²) in [6, 6.07) is 8.67. The molecule has 0 radical (unpaired) electrons.